The minimum absolute atomic E-state index is 0.322. The zero-order valence-electron chi connectivity index (χ0n) is 7.59. The average Bonchev–Trinajstić information content (AvgIpc) is 2.14. The fourth-order valence-electron chi connectivity index (χ4n) is 1.56. The standard InChI is InChI=1S/C9H19NOS/c11-6-8-12-7-4-9-3-1-2-5-10-9/h9-11H,1-8H2. The van der Waals surface area contributed by atoms with Gasteiger partial charge >= 0.3 is 0 Å². The predicted octanol–water partition coefficient (Wildman–Crippen LogP) is 1.24. The molecule has 72 valence electrons. The van der Waals surface area contributed by atoms with E-state index in [1.54, 1.807) is 0 Å². The molecule has 2 nitrogen and oxygen atoms in total. The maximum absolute atomic E-state index is 8.57. The van der Waals surface area contributed by atoms with Gasteiger partial charge in [-0.15, -0.1) is 0 Å². The first-order valence-electron chi connectivity index (χ1n) is 4.85. The molecule has 0 aliphatic carbocycles. The topological polar surface area (TPSA) is 32.3 Å². The van der Waals surface area contributed by atoms with E-state index in [-0.39, 0.29) is 0 Å². The van der Waals surface area contributed by atoms with Crippen molar-refractivity contribution in [1.82, 2.24) is 5.32 Å². The Morgan fingerprint density at radius 2 is 2.25 bits per heavy atom. The molecule has 1 saturated heterocycles. The van der Waals surface area contributed by atoms with Crippen molar-refractivity contribution < 1.29 is 5.11 Å². The van der Waals surface area contributed by atoms with E-state index >= 15 is 0 Å². The van der Waals surface area contributed by atoms with Crippen molar-refractivity contribution in [3.8, 4) is 0 Å². The molecule has 0 aromatic heterocycles. The van der Waals surface area contributed by atoms with E-state index in [9.17, 15) is 0 Å². The van der Waals surface area contributed by atoms with Crippen LogP contribution in [0.5, 0.6) is 0 Å². The molecule has 1 rings (SSSR count). The SMILES string of the molecule is OCCSCCC1CCCCN1. The van der Waals surface area contributed by atoms with Gasteiger partial charge in [-0.25, -0.2) is 0 Å². The monoisotopic (exact) mass is 189 g/mol. The summed E-state index contributed by atoms with van der Waals surface area (Å²) in [6.07, 6.45) is 5.35. The van der Waals surface area contributed by atoms with Gasteiger partial charge in [0.05, 0.1) is 6.61 Å². The van der Waals surface area contributed by atoms with Crippen LogP contribution in [0.4, 0.5) is 0 Å². The van der Waals surface area contributed by atoms with Crippen LogP contribution in [0.25, 0.3) is 0 Å². The first-order chi connectivity index (χ1) is 5.93. The number of rotatable bonds is 5. The molecule has 2 N–H and O–H groups in total. The van der Waals surface area contributed by atoms with E-state index in [1.165, 1.54) is 38.0 Å². The van der Waals surface area contributed by atoms with Gasteiger partial charge in [0.2, 0.25) is 0 Å². The number of thioether (sulfide) groups is 1. The van der Waals surface area contributed by atoms with Crippen molar-refractivity contribution in [2.45, 2.75) is 31.7 Å². The van der Waals surface area contributed by atoms with Crippen LogP contribution in [-0.2, 0) is 0 Å². The van der Waals surface area contributed by atoms with E-state index < -0.39 is 0 Å². The zero-order valence-corrected chi connectivity index (χ0v) is 8.41. The van der Waals surface area contributed by atoms with Crippen molar-refractivity contribution in [3.05, 3.63) is 0 Å². The van der Waals surface area contributed by atoms with Crippen molar-refractivity contribution in [3.63, 3.8) is 0 Å². The second-order valence-electron chi connectivity index (χ2n) is 3.27. The number of nitrogens with one attached hydrogen (secondary N) is 1. The highest BCUT2D eigenvalue weighted by molar-refractivity contribution is 7.99. The van der Waals surface area contributed by atoms with Gasteiger partial charge in [-0.1, -0.05) is 6.42 Å². The molecule has 0 bridgehead atoms. The number of hydrogen-bond acceptors (Lipinski definition) is 3. The number of aliphatic hydroxyl groups is 1. The minimum atomic E-state index is 0.322. The van der Waals surface area contributed by atoms with E-state index in [0.29, 0.717) is 6.61 Å². The van der Waals surface area contributed by atoms with E-state index in [2.05, 4.69) is 5.32 Å². The maximum Gasteiger partial charge on any atom is 0.0521 e. The van der Waals surface area contributed by atoms with Crippen LogP contribution in [-0.4, -0.2) is 35.8 Å². The van der Waals surface area contributed by atoms with Gasteiger partial charge in [-0.3, -0.25) is 0 Å². The Morgan fingerprint density at radius 1 is 1.33 bits per heavy atom. The molecule has 0 saturated carbocycles. The van der Waals surface area contributed by atoms with Gasteiger partial charge in [0.25, 0.3) is 0 Å². The summed E-state index contributed by atoms with van der Waals surface area (Å²) in [6, 6.07) is 0.755. The Hall–Kier alpha value is 0.270. The smallest absolute Gasteiger partial charge is 0.0521 e. The molecular weight excluding hydrogens is 170 g/mol. The Bertz CT molecular complexity index is 105. The Balaban J connectivity index is 1.91. The third-order valence-corrected chi connectivity index (χ3v) is 3.25. The van der Waals surface area contributed by atoms with Crippen LogP contribution in [0.15, 0.2) is 0 Å². The number of aliphatic hydroxyl groups excluding tert-OH is 1. The lowest BCUT2D eigenvalue weighted by molar-refractivity contribution is 0.322. The lowest BCUT2D eigenvalue weighted by atomic mass is 10.0. The van der Waals surface area contributed by atoms with Crippen LogP contribution in [0.2, 0.25) is 0 Å². The summed E-state index contributed by atoms with van der Waals surface area (Å²) < 4.78 is 0. The van der Waals surface area contributed by atoms with E-state index in [1.807, 2.05) is 11.8 Å². The predicted molar refractivity (Wildman–Crippen MR) is 54.7 cm³/mol. The molecule has 1 heterocycles. The summed E-state index contributed by atoms with van der Waals surface area (Å²) >= 11 is 1.86. The molecule has 0 aromatic rings. The molecule has 0 spiro atoms. The molecule has 0 aromatic carbocycles. The zero-order chi connectivity index (χ0) is 8.65. The van der Waals surface area contributed by atoms with Gasteiger partial charge in [0.15, 0.2) is 0 Å². The third-order valence-electron chi connectivity index (χ3n) is 2.26. The van der Waals surface area contributed by atoms with Crippen LogP contribution >= 0.6 is 11.8 Å². The normalized spacial score (nSPS) is 24.2. The largest absolute Gasteiger partial charge is 0.396 e. The van der Waals surface area contributed by atoms with Gasteiger partial charge in [0, 0.05) is 11.8 Å². The molecule has 1 unspecified atom stereocenters. The lowest BCUT2D eigenvalue weighted by Crippen LogP contribution is -2.34. The highest BCUT2D eigenvalue weighted by Crippen LogP contribution is 2.12. The van der Waals surface area contributed by atoms with E-state index in [0.717, 1.165) is 11.8 Å². The second-order valence-corrected chi connectivity index (χ2v) is 4.50. The molecule has 1 fully saturated rings. The molecule has 1 aliphatic rings. The van der Waals surface area contributed by atoms with Crippen molar-refractivity contribution >= 4 is 11.8 Å². The number of hydrogen-bond donors (Lipinski definition) is 2. The Kier molecular flexibility index (Phi) is 5.82. The van der Waals surface area contributed by atoms with Gasteiger partial charge in [-0.05, 0) is 31.6 Å². The average molecular weight is 189 g/mol. The molecule has 1 atom stereocenters. The number of piperidine rings is 1. The first kappa shape index (κ1) is 10.4. The van der Waals surface area contributed by atoms with Crippen molar-refractivity contribution in [2.75, 3.05) is 24.7 Å². The summed E-state index contributed by atoms with van der Waals surface area (Å²) in [5, 5.41) is 12.1. The fourth-order valence-corrected chi connectivity index (χ4v) is 2.35. The van der Waals surface area contributed by atoms with Crippen LogP contribution in [0.1, 0.15) is 25.7 Å². The summed E-state index contributed by atoms with van der Waals surface area (Å²) in [5.41, 5.74) is 0. The van der Waals surface area contributed by atoms with Crippen molar-refractivity contribution in [1.29, 1.82) is 0 Å². The van der Waals surface area contributed by atoms with Crippen LogP contribution < -0.4 is 5.32 Å². The van der Waals surface area contributed by atoms with E-state index in [4.69, 9.17) is 5.11 Å². The quantitative estimate of drug-likeness (QED) is 0.638. The second kappa shape index (κ2) is 6.75. The summed E-state index contributed by atoms with van der Waals surface area (Å²) in [5.74, 6) is 2.09. The maximum atomic E-state index is 8.57. The van der Waals surface area contributed by atoms with Crippen LogP contribution in [0.3, 0.4) is 0 Å². The van der Waals surface area contributed by atoms with Gasteiger partial charge in [0.1, 0.15) is 0 Å². The van der Waals surface area contributed by atoms with Gasteiger partial charge in [-0.2, -0.15) is 11.8 Å². The third kappa shape index (κ3) is 4.33. The molecule has 3 heteroatoms. The summed E-state index contributed by atoms with van der Waals surface area (Å²) in [7, 11) is 0. The fraction of sp³-hybridized carbons (Fsp3) is 1.00. The molecular formula is C9H19NOS. The minimum Gasteiger partial charge on any atom is -0.396 e. The Labute approximate surface area is 79.1 Å². The van der Waals surface area contributed by atoms with Crippen molar-refractivity contribution in [2.24, 2.45) is 0 Å². The summed E-state index contributed by atoms with van der Waals surface area (Å²) in [4.78, 5) is 0. The van der Waals surface area contributed by atoms with Crippen LogP contribution in [0, 0.1) is 0 Å². The molecule has 0 amide bonds. The highest BCUT2D eigenvalue weighted by Gasteiger charge is 2.11. The molecule has 12 heavy (non-hydrogen) atoms. The highest BCUT2D eigenvalue weighted by atomic mass is 32.2. The molecule has 0 radical (unpaired) electrons. The summed E-state index contributed by atoms with van der Waals surface area (Å²) in [6.45, 7) is 1.53. The molecule has 1 aliphatic heterocycles. The lowest BCUT2D eigenvalue weighted by Gasteiger charge is -2.22. The van der Waals surface area contributed by atoms with Gasteiger partial charge < -0.3 is 10.4 Å². The Morgan fingerprint density at radius 3 is 2.92 bits per heavy atom. The first-order valence-corrected chi connectivity index (χ1v) is 6.01.